The van der Waals surface area contributed by atoms with Crippen molar-refractivity contribution in [2.24, 2.45) is 0 Å². The first-order chi connectivity index (χ1) is 10.5. The predicted molar refractivity (Wildman–Crippen MR) is 89.6 cm³/mol. The standard InChI is InChI=1S/C17H18N4O/c1-11-18-15-9-4-12(10-16(15)19-11)17(22)20-13-5-7-14(8-6-13)21(2)3/h4-10H,1-3H3,(H,18,19)(H,20,22). The molecule has 1 aromatic heterocycles. The summed E-state index contributed by atoms with van der Waals surface area (Å²) in [6.07, 6.45) is 0. The van der Waals surface area contributed by atoms with Gasteiger partial charge in [-0.15, -0.1) is 0 Å². The number of imidazole rings is 1. The molecule has 0 unspecified atom stereocenters. The molecule has 3 rings (SSSR count). The minimum atomic E-state index is -0.133. The lowest BCUT2D eigenvalue weighted by molar-refractivity contribution is 0.102. The number of hydrogen-bond donors (Lipinski definition) is 2. The monoisotopic (exact) mass is 294 g/mol. The molecule has 0 atom stereocenters. The summed E-state index contributed by atoms with van der Waals surface area (Å²) in [4.78, 5) is 21.8. The predicted octanol–water partition coefficient (Wildman–Crippen LogP) is 3.19. The van der Waals surface area contributed by atoms with Gasteiger partial charge >= 0.3 is 0 Å². The Bertz CT molecular complexity index is 818. The number of aryl methyl sites for hydroxylation is 1. The third-order valence-corrected chi connectivity index (χ3v) is 3.50. The van der Waals surface area contributed by atoms with Gasteiger partial charge in [-0.1, -0.05) is 0 Å². The van der Waals surface area contributed by atoms with E-state index in [-0.39, 0.29) is 5.91 Å². The number of carbonyl (C=O) groups excluding carboxylic acids is 1. The van der Waals surface area contributed by atoms with E-state index in [1.807, 2.05) is 62.3 Å². The molecule has 1 heterocycles. The molecule has 0 aliphatic carbocycles. The number of anilines is 2. The van der Waals surface area contributed by atoms with Crippen molar-refractivity contribution in [1.29, 1.82) is 0 Å². The number of benzene rings is 2. The van der Waals surface area contributed by atoms with Crippen LogP contribution in [0.2, 0.25) is 0 Å². The first-order valence-corrected chi connectivity index (χ1v) is 7.08. The molecular weight excluding hydrogens is 276 g/mol. The van der Waals surface area contributed by atoms with Crippen LogP contribution in [0, 0.1) is 6.92 Å². The first kappa shape index (κ1) is 14.1. The van der Waals surface area contributed by atoms with Gasteiger partial charge in [0.15, 0.2) is 0 Å². The first-order valence-electron chi connectivity index (χ1n) is 7.08. The number of aromatic nitrogens is 2. The molecule has 0 aliphatic rings. The van der Waals surface area contributed by atoms with Gasteiger partial charge in [-0.25, -0.2) is 4.98 Å². The smallest absolute Gasteiger partial charge is 0.255 e. The SMILES string of the molecule is Cc1nc2ccc(C(=O)Nc3ccc(N(C)C)cc3)cc2[nH]1. The molecule has 0 saturated carbocycles. The summed E-state index contributed by atoms with van der Waals surface area (Å²) in [7, 11) is 3.96. The van der Waals surface area contributed by atoms with Gasteiger partial charge in [0, 0.05) is 31.0 Å². The van der Waals surface area contributed by atoms with Gasteiger partial charge in [-0.2, -0.15) is 0 Å². The van der Waals surface area contributed by atoms with Gasteiger partial charge in [0.05, 0.1) is 11.0 Å². The Hall–Kier alpha value is -2.82. The van der Waals surface area contributed by atoms with Crippen LogP contribution in [-0.2, 0) is 0 Å². The molecule has 0 aliphatic heterocycles. The van der Waals surface area contributed by atoms with Crippen molar-refractivity contribution >= 4 is 28.3 Å². The van der Waals surface area contributed by atoms with Crippen molar-refractivity contribution in [3.05, 3.63) is 53.9 Å². The summed E-state index contributed by atoms with van der Waals surface area (Å²) in [6, 6.07) is 13.2. The highest BCUT2D eigenvalue weighted by molar-refractivity contribution is 6.06. The van der Waals surface area contributed by atoms with Crippen molar-refractivity contribution in [1.82, 2.24) is 9.97 Å². The molecule has 2 aromatic carbocycles. The van der Waals surface area contributed by atoms with Crippen LogP contribution in [-0.4, -0.2) is 30.0 Å². The Kier molecular flexibility index (Phi) is 3.55. The van der Waals surface area contributed by atoms with Gasteiger partial charge in [-0.3, -0.25) is 4.79 Å². The van der Waals surface area contributed by atoms with E-state index in [0.29, 0.717) is 5.56 Å². The molecule has 0 saturated heterocycles. The van der Waals surface area contributed by atoms with Crippen LogP contribution in [0.4, 0.5) is 11.4 Å². The molecule has 0 fully saturated rings. The van der Waals surface area contributed by atoms with Crippen LogP contribution in [0.5, 0.6) is 0 Å². The summed E-state index contributed by atoms with van der Waals surface area (Å²) in [5.41, 5.74) is 4.20. The van der Waals surface area contributed by atoms with Gasteiger partial charge in [-0.05, 0) is 49.4 Å². The van der Waals surface area contributed by atoms with E-state index < -0.39 is 0 Å². The molecular formula is C17H18N4O. The molecule has 2 N–H and O–H groups in total. The second-order valence-corrected chi connectivity index (χ2v) is 5.45. The summed E-state index contributed by atoms with van der Waals surface area (Å²) < 4.78 is 0. The zero-order chi connectivity index (χ0) is 15.7. The molecule has 0 radical (unpaired) electrons. The Morgan fingerprint density at radius 3 is 2.55 bits per heavy atom. The molecule has 112 valence electrons. The maximum atomic E-state index is 12.3. The van der Waals surface area contributed by atoms with E-state index in [1.165, 1.54) is 0 Å². The molecule has 0 spiro atoms. The van der Waals surface area contributed by atoms with Crippen LogP contribution in [0.25, 0.3) is 11.0 Å². The lowest BCUT2D eigenvalue weighted by Crippen LogP contribution is -2.12. The number of aromatic amines is 1. The van der Waals surface area contributed by atoms with Crippen molar-refractivity contribution in [3.8, 4) is 0 Å². The van der Waals surface area contributed by atoms with Gasteiger partial charge in [0.25, 0.3) is 5.91 Å². The summed E-state index contributed by atoms with van der Waals surface area (Å²) in [6.45, 7) is 1.89. The fraction of sp³-hybridized carbons (Fsp3) is 0.176. The van der Waals surface area contributed by atoms with E-state index in [9.17, 15) is 4.79 Å². The van der Waals surface area contributed by atoms with E-state index in [0.717, 1.165) is 28.2 Å². The number of H-pyrrole nitrogens is 1. The Morgan fingerprint density at radius 1 is 1.14 bits per heavy atom. The second kappa shape index (κ2) is 5.52. The van der Waals surface area contributed by atoms with E-state index >= 15 is 0 Å². The topological polar surface area (TPSA) is 61.0 Å². The van der Waals surface area contributed by atoms with E-state index in [4.69, 9.17) is 0 Å². The lowest BCUT2D eigenvalue weighted by atomic mass is 10.2. The van der Waals surface area contributed by atoms with Crippen molar-refractivity contribution in [3.63, 3.8) is 0 Å². The van der Waals surface area contributed by atoms with Crippen LogP contribution in [0.3, 0.4) is 0 Å². The Morgan fingerprint density at radius 2 is 1.86 bits per heavy atom. The van der Waals surface area contributed by atoms with E-state index in [1.54, 1.807) is 6.07 Å². The third-order valence-electron chi connectivity index (χ3n) is 3.50. The largest absolute Gasteiger partial charge is 0.378 e. The number of amides is 1. The number of fused-ring (bicyclic) bond motifs is 1. The minimum Gasteiger partial charge on any atom is -0.378 e. The number of hydrogen-bond acceptors (Lipinski definition) is 3. The normalized spacial score (nSPS) is 10.7. The maximum absolute atomic E-state index is 12.3. The maximum Gasteiger partial charge on any atom is 0.255 e. The average Bonchev–Trinajstić information content (AvgIpc) is 2.86. The fourth-order valence-corrected chi connectivity index (χ4v) is 2.32. The zero-order valence-electron chi connectivity index (χ0n) is 12.8. The lowest BCUT2D eigenvalue weighted by Gasteiger charge is -2.13. The van der Waals surface area contributed by atoms with Crippen molar-refractivity contribution < 1.29 is 4.79 Å². The van der Waals surface area contributed by atoms with Crippen LogP contribution >= 0.6 is 0 Å². The minimum absolute atomic E-state index is 0.133. The summed E-state index contributed by atoms with van der Waals surface area (Å²) in [5.74, 6) is 0.707. The highest BCUT2D eigenvalue weighted by Gasteiger charge is 2.08. The third kappa shape index (κ3) is 2.79. The number of carbonyl (C=O) groups is 1. The quantitative estimate of drug-likeness (QED) is 0.780. The molecule has 22 heavy (non-hydrogen) atoms. The molecule has 5 heteroatoms. The molecule has 3 aromatic rings. The number of nitrogens with one attached hydrogen (secondary N) is 2. The highest BCUT2D eigenvalue weighted by atomic mass is 16.1. The van der Waals surface area contributed by atoms with Crippen LogP contribution in [0.1, 0.15) is 16.2 Å². The van der Waals surface area contributed by atoms with Crippen molar-refractivity contribution in [2.45, 2.75) is 6.92 Å². The number of nitrogens with zero attached hydrogens (tertiary/aromatic N) is 2. The van der Waals surface area contributed by atoms with Crippen molar-refractivity contribution in [2.75, 3.05) is 24.3 Å². The fourth-order valence-electron chi connectivity index (χ4n) is 2.32. The second-order valence-electron chi connectivity index (χ2n) is 5.45. The zero-order valence-corrected chi connectivity index (χ0v) is 12.8. The van der Waals surface area contributed by atoms with Gasteiger partial charge in [0.2, 0.25) is 0 Å². The summed E-state index contributed by atoms with van der Waals surface area (Å²) >= 11 is 0. The Labute approximate surface area is 129 Å². The molecule has 0 bridgehead atoms. The highest BCUT2D eigenvalue weighted by Crippen LogP contribution is 2.18. The van der Waals surface area contributed by atoms with Crippen LogP contribution in [0.15, 0.2) is 42.5 Å². The van der Waals surface area contributed by atoms with E-state index in [2.05, 4.69) is 15.3 Å². The number of rotatable bonds is 3. The average molecular weight is 294 g/mol. The van der Waals surface area contributed by atoms with Crippen LogP contribution < -0.4 is 10.2 Å². The van der Waals surface area contributed by atoms with Gasteiger partial charge < -0.3 is 15.2 Å². The summed E-state index contributed by atoms with van der Waals surface area (Å²) in [5, 5.41) is 2.90. The molecule has 1 amide bonds. The molecule has 5 nitrogen and oxygen atoms in total. The Balaban J connectivity index is 1.80. The van der Waals surface area contributed by atoms with Gasteiger partial charge in [0.1, 0.15) is 5.82 Å².